The van der Waals surface area contributed by atoms with E-state index in [1.165, 1.54) is 19.3 Å². The lowest BCUT2D eigenvalue weighted by Crippen LogP contribution is -2.45. The van der Waals surface area contributed by atoms with Crippen molar-refractivity contribution in [3.05, 3.63) is 30.1 Å². The van der Waals surface area contributed by atoms with Crippen molar-refractivity contribution in [1.82, 2.24) is 20.9 Å². The largest absolute Gasteiger partial charge is 0.352 e. The number of hydrogen-bond acceptors (Lipinski definition) is 3. The third-order valence-corrected chi connectivity index (χ3v) is 3.77. The number of carbonyl (C=O) groups excluding carboxylic acids is 1. The third kappa shape index (κ3) is 5.71. The first-order valence-corrected chi connectivity index (χ1v) is 7.91. The smallest absolute Gasteiger partial charge is 0.239 e. The Balaban J connectivity index is 1.68. The summed E-state index contributed by atoms with van der Waals surface area (Å²) in [6.07, 6.45) is 7.66. The van der Waals surface area contributed by atoms with Gasteiger partial charge in [-0.2, -0.15) is 0 Å². The average molecular weight is 303 g/mol. The quantitative estimate of drug-likeness (QED) is 0.564. The summed E-state index contributed by atoms with van der Waals surface area (Å²) in [4.78, 5) is 20.3. The Bertz CT molecular complexity index is 483. The number of guanidine groups is 1. The number of pyridine rings is 1. The molecule has 6 heteroatoms. The fourth-order valence-electron chi connectivity index (χ4n) is 2.59. The molecule has 1 aromatic rings. The monoisotopic (exact) mass is 303 g/mol. The molecule has 6 nitrogen and oxygen atoms in total. The maximum Gasteiger partial charge on any atom is 0.239 e. The first-order chi connectivity index (χ1) is 10.8. The van der Waals surface area contributed by atoms with E-state index in [4.69, 9.17) is 0 Å². The van der Waals surface area contributed by atoms with Crippen LogP contribution in [0.1, 0.15) is 37.8 Å². The first kappa shape index (κ1) is 16.3. The van der Waals surface area contributed by atoms with Crippen molar-refractivity contribution in [2.75, 3.05) is 13.6 Å². The molecule has 0 saturated heterocycles. The van der Waals surface area contributed by atoms with Crippen molar-refractivity contribution in [2.45, 2.75) is 44.7 Å². The number of nitrogens with one attached hydrogen (secondary N) is 3. The van der Waals surface area contributed by atoms with Crippen molar-refractivity contribution in [1.29, 1.82) is 0 Å². The lowest BCUT2D eigenvalue weighted by molar-refractivity contribution is -0.120. The number of hydrogen-bond donors (Lipinski definition) is 3. The maximum absolute atomic E-state index is 11.9. The molecule has 1 aliphatic rings. The van der Waals surface area contributed by atoms with Gasteiger partial charge in [0.2, 0.25) is 5.91 Å². The van der Waals surface area contributed by atoms with Crippen LogP contribution in [0.15, 0.2) is 29.4 Å². The normalized spacial score (nSPS) is 16.1. The summed E-state index contributed by atoms with van der Waals surface area (Å²) in [6, 6.07) is 6.10. The van der Waals surface area contributed by atoms with Crippen molar-refractivity contribution in [3.8, 4) is 0 Å². The standard InChI is InChI=1S/C16H25N5O/c1-17-16(19-11-14-9-5-6-10-18-14)20-12-15(22)21-13-7-3-2-4-8-13/h5-6,9-10,13H,2-4,7-8,11-12H2,1H3,(H,21,22)(H2,17,19,20). The SMILES string of the molecule is CN=C(NCC(=O)NC1CCCCC1)NCc1ccccn1. The summed E-state index contributed by atoms with van der Waals surface area (Å²) in [6.45, 7) is 0.809. The first-order valence-electron chi connectivity index (χ1n) is 7.91. The van der Waals surface area contributed by atoms with Gasteiger partial charge in [-0.05, 0) is 25.0 Å². The summed E-state index contributed by atoms with van der Waals surface area (Å²) in [5.74, 6) is 0.622. The van der Waals surface area contributed by atoms with Crippen molar-refractivity contribution in [2.24, 2.45) is 4.99 Å². The highest BCUT2D eigenvalue weighted by molar-refractivity contribution is 5.86. The molecule has 0 bridgehead atoms. The number of carbonyl (C=O) groups is 1. The van der Waals surface area contributed by atoms with Crippen LogP contribution in [0, 0.1) is 0 Å². The molecular formula is C16H25N5O. The molecule has 0 spiro atoms. The minimum Gasteiger partial charge on any atom is -0.352 e. The molecule has 0 aromatic carbocycles. The van der Waals surface area contributed by atoms with E-state index in [0.29, 0.717) is 18.5 Å². The summed E-state index contributed by atoms with van der Waals surface area (Å²) in [7, 11) is 1.69. The van der Waals surface area contributed by atoms with Crippen LogP contribution >= 0.6 is 0 Å². The van der Waals surface area contributed by atoms with Crippen LogP contribution in [0.2, 0.25) is 0 Å². The minimum atomic E-state index is 0.0210. The Morgan fingerprint density at radius 1 is 1.27 bits per heavy atom. The van der Waals surface area contributed by atoms with Gasteiger partial charge in [-0.1, -0.05) is 25.3 Å². The molecule has 3 N–H and O–H groups in total. The summed E-state index contributed by atoms with van der Waals surface area (Å²) in [5.41, 5.74) is 0.928. The molecule has 0 atom stereocenters. The lowest BCUT2D eigenvalue weighted by Gasteiger charge is -2.23. The second-order valence-corrected chi connectivity index (χ2v) is 5.50. The van der Waals surface area contributed by atoms with E-state index < -0.39 is 0 Å². The molecule has 1 aliphatic carbocycles. The molecule has 0 unspecified atom stereocenters. The highest BCUT2D eigenvalue weighted by atomic mass is 16.2. The molecule has 120 valence electrons. The van der Waals surface area contributed by atoms with Gasteiger partial charge in [-0.15, -0.1) is 0 Å². The number of nitrogens with zero attached hydrogens (tertiary/aromatic N) is 2. The van der Waals surface area contributed by atoms with E-state index in [1.54, 1.807) is 13.2 Å². The number of rotatable bonds is 5. The van der Waals surface area contributed by atoms with Gasteiger partial charge in [0, 0.05) is 19.3 Å². The Morgan fingerprint density at radius 3 is 2.77 bits per heavy atom. The topological polar surface area (TPSA) is 78.4 Å². The molecule has 1 aromatic heterocycles. The van der Waals surface area contributed by atoms with Crippen LogP contribution in [0.25, 0.3) is 0 Å². The summed E-state index contributed by atoms with van der Waals surface area (Å²) < 4.78 is 0. The Labute approximate surface area is 131 Å². The minimum absolute atomic E-state index is 0.0210. The lowest BCUT2D eigenvalue weighted by atomic mass is 9.95. The van der Waals surface area contributed by atoms with Gasteiger partial charge >= 0.3 is 0 Å². The zero-order chi connectivity index (χ0) is 15.6. The van der Waals surface area contributed by atoms with Crippen LogP contribution in [-0.4, -0.2) is 36.5 Å². The number of aromatic nitrogens is 1. The molecule has 1 saturated carbocycles. The summed E-state index contributed by atoms with van der Waals surface area (Å²) in [5, 5.41) is 9.24. The van der Waals surface area contributed by atoms with Crippen molar-refractivity contribution >= 4 is 11.9 Å². The molecule has 2 rings (SSSR count). The Morgan fingerprint density at radius 2 is 2.09 bits per heavy atom. The maximum atomic E-state index is 11.9. The van der Waals surface area contributed by atoms with Gasteiger partial charge < -0.3 is 16.0 Å². The van der Waals surface area contributed by atoms with E-state index in [-0.39, 0.29) is 12.5 Å². The third-order valence-electron chi connectivity index (χ3n) is 3.77. The average Bonchev–Trinajstić information content (AvgIpc) is 2.57. The number of aliphatic imine (C=N–C) groups is 1. The molecule has 1 amide bonds. The summed E-state index contributed by atoms with van der Waals surface area (Å²) >= 11 is 0. The van der Waals surface area contributed by atoms with Crippen LogP contribution < -0.4 is 16.0 Å². The van der Waals surface area contributed by atoms with E-state index in [1.807, 2.05) is 18.2 Å². The van der Waals surface area contributed by atoms with Crippen LogP contribution in [-0.2, 0) is 11.3 Å². The van der Waals surface area contributed by atoms with Crippen LogP contribution in [0.3, 0.4) is 0 Å². The van der Waals surface area contributed by atoms with Gasteiger partial charge in [0.25, 0.3) is 0 Å². The van der Waals surface area contributed by atoms with Gasteiger partial charge in [-0.3, -0.25) is 14.8 Å². The molecule has 22 heavy (non-hydrogen) atoms. The van der Waals surface area contributed by atoms with Gasteiger partial charge in [0.1, 0.15) is 0 Å². The van der Waals surface area contributed by atoms with Gasteiger partial charge in [-0.25, -0.2) is 0 Å². The Hall–Kier alpha value is -2.11. The zero-order valence-electron chi connectivity index (χ0n) is 13.1. The second kappa shape index (κ2) is 9.02. The van der Waals surface area contributed by atoms with Gasteiger partial charge in [0.15, 0.2) is 5.96 Å². The molecular weight excluding hydrogens is 278 g/mol. The predicted molar refractivity (Wildman–Crippen MR) is 87.5 cm³/mol. The molecule has 0 aliphatic heterocycles. The highest BCUT2D eigenvalue weighted by Crippen LogP contribution is 2.16. The van der Waals surface area contributed by atoms with Gasteiger partial charge in [0.05, 0.1) is 18.8 Å². The predicted octanol–water partition coefficient (Wildman–Crippen LogP) is 1.20. The highest BCUT2D eigenvalue weighted by Gasteiger charge is 2.15. The molecule has 0 radical (unpaired) electrons. The Kier molecular flexibility index (Phi) is 6.67. The van der Waals surface area contributed by atoms with E-state index >= 15 is 0 Å². The number of amides is 1. The molecule has 1 heterocycles. The molecule has 1 fully saturated rings. The van der Waals surface area contributed by atoms with Crippen LogP contribution in [0.5, 0.6) is 0 Å². The van der Waals surface area contributed by atoms with E-state index in [0.717, 1.165) is 18.5 Å². The fraction of sp³-hybridized carbons (Fsp3) is 0.562. The second-order valence-electron chi connectivity index (χ2n) is 5.50. The van der Waals surface area contributed by atoms with Crippen molar-refractivity contribution < 1.29 is 4.79 Å². The van der Waals surface area contributed by atoms with E-state index in [2.05, 4.69) is 25.9 Å². The van der Waals surface area contributed by atoms with Crippen LogP contribution in [0.4, 0.5) is 0 Å². The fourth-order valence-corrected chi connectivity index (χ4v) is 2.59. The zero-order valence-corrected chi connectivity index (χ0v) is 13.1. The van der Waals surface area contributed by atoms with E-state index in [9.17, 15) is 4.79 Å². The van der Waals surface area contributed by atoms with Crippen molar-refractivity contribution in [3.63, 3.8) is 0 Å².